The van der Waals surface area contributed by atoms with Crippen LogP contribution in [0.2, 0.25) is 0 Å². The van der Waals surface area contributed by atoms with E-state index in [1.165, 1.54) is 4.90 Å². The van der Waals surface area contributed by atoms with Gasteiger partial charge in [0.15, 0.2) is 0 Å². The summed E-state index contributed by atoms with van der Waals surface area (Å²) in [7, 11) is 0. The molecule has 1 heterocycles. The molecule has 2 aromatic rings. The van der Waals surface area contributed by atoms with Crippen LogP contribution in [0.15, 0.2) is 48.5 Å². The number of carboxylic acid groups (broad SMARTS) is 1. The van der Waals surface area contributed by atoms with Crippen LogP contribution in [0.4, 0.5) is 4.79 Å². The smallest absolute Gasteiger partial charge is 0.407 e. The van der Waals surface area contributed by atoms with Crippen LogP contribution >= 0.6 is 0 Å². The molecule has 4 rings (SSSR count). The molecular formula is C25H28N2O5. The van der Waals surface area contributed by atoms with E-state index in [1.54, 1.807) is 0 Å². The van der Waals surface area contributed by atoms with Gasteiger partial charge >= 0.3 is 12.1 Å². The van der Waals surface area contributed by atoms with Crippen molar-refractivity contribution in [3.05, 3.63) is 59.7 Å². The number of aliphatic carboxylic acids is 1. The predicted molar refractivity (Wildman–Crippen MR) is 119 cm³/mol. The molecular weight excluding hydrogens is 408 g/mol. The fourth-order valence-electron chi connectivity index (χ4n) is 4.48. The molecule has 7 nitrogen and oxygen atoms in total. The second kappa shape index (κ2) is 8.30. The van der Waals surface area contributed by atoms with E-state index in [0.717, 1.165) is 22.3 Å². The average molecular weight is 437 g/mol. The van der Waals surface area contributed by atoms with Crippen molar-refractivity contribution < 1.29 is 24.2 Å². The number of ether oxygens (including phenoxy) is 1. The third kappa shape index (κ3) is 3.95. The Labute approximate surface area is 187 Å². The topological polar surface area (TPSA) is 95.9 Å². The summed E-state index contributed by atoms with van der Waals surface area (Å²) in [5, 5.41) is 12.0. The first kappa shape index (κ1) is 21.9. The molecule has 7 heteroatoms. The van der Waals surface area contributed by atoms with E-state index >= 15 is 0 Å². The standard InChI is InChI=1S/C25H28N2O5/c1-25(2,3)21(22(28)27-13-12-20(27)23(29)30)26-24(31)32-14-19-17-10-6-4-8-15(17)16-9-5-7-11-18(16)19/h4-11,19-21H,12-14H2,1-3H3,(H,26,31)(H,29,30)/t20?,21-/m0/s1. The summed E-state index contributed by atoms with van der Waals surface area (Å²) < 4.78 is 5.58. The Morgan fingerprint density at radius 2 is 1.62 bits per heavy atom. The van der Waals surface area contributed by atoms with Crippen molar-refractivity contribution in [2.24, 2.45) is 5.41 Å². The Morgan fingerprint density at radius 1 is 1.06 bits per heavy atom. The number of carbonyl (C=O) groups excluding carboxylic acids is 2. The number of carbonyl (C=O) groups is 3. The van der Waals surface area contributed by atoms with Gasteiger partial charge in [-0.1, -0.05) is 69.3 Å². The number of hydrogen-bond acceptors (Lipinski definition) is 4. The van der Waals surface area contributed by atoms with Gasteiger partial charge < -0.3 is 20.1 Å². The molecule has 1 aliphatic carbocycles. The predicted octanol–water partition coefficient (Wildman–Crippen LogP) is 3.63. The van der Waals surface area contributed by atoms with Crippen molar-refractivity contribution in [1.29, 1.82) is 0 Å². The molecule has 1 fully saturated rings. The minimum absolute atomic E-state index is 0.0799. The molecule has 168 valence electrons. The highest BCUT2D eigenvalue weighted by atomic mass is 16.5. The van der Waals surface area contributed by atoms with Crippen LogP contribution in [0.25, 0.3) is 11.1 Å². The van der Waals surface area contributed by atoms with Gasteiger partial charge in [-0.2, -0.15) is 0 Å². The maximum atomic E-state index is 13.0. The second-order valence-corrected chi connectivity index (χ2v) is 9.44. The molecule has 0 spiro atoms. The lowest BCUT2D eigenvalue weighted by atomic mass is 9.84. The lowest BCUT2D eigenvalue weighted by molar-refractivity contribution is -0.159. The Bertz CT molecular complexity index is 1010. The van der Waals surface area contributed by atoms with Crippen LogP contribution < -0.4 is 5.32 Å². The summed E-state index contributed by atoms with van der Waals surface area (Å²) >= 11 is 0. The van der Waals surface area contributed by atoms with Gasteiger partial charge in [-0.05, 0) is 34.1 Å². The summed E-state index contributed by atoms with van der Waals surface area (Å²) in [5.41, 5.74) is 3.88. The molecule has 0 saturated carbocycles. The molecule has 0 aromatic heterocycles. The van der Waals surface area contributed by atoms with E-state index < -0.39 is 35.5 Å². The Kier molecular flexibility index (Phi) is 5.67. The van der Waals surface area contributed by atoms with Crippen molar-refractivity contribution in [3.63, 3.8) is 0 Å². The number of amides is 2. The molecule has 0 radical (unpaired) electrons. The van der Waals surface area contributed by atoms with E-state index in [2.05, 4.69) is 17.4 Å². The molecule has 2 aromatic carbocycles. The summed E-state index contributed by atoms with van der Waals surface area (Å²) in [4.78, 5) is 38.4. The molecule has 2 amide bonds. The molecule has 2 atom stereocenters. The van der Waals surface area contributed by atoms with Crippen LogP contribution in [-0.4, -0.2) is 53.2 Å². The largest absolute Gasteiger partial charge is 0.480 e. The zero-order valence-corrected chi connectivity index (χ0v) is 18.5. The van der Waals surface area contributed by atoms with Crippen LogP contribution in [0.3, 0.4) is 0 Å². The van der Waals surface area contributed by atoms with Crippen LogP contribution in [0.1, 0.15) is 44.2 Å². The Morgan fingerprint density at radius 3 is 2.09 bits per heavy atom. The summed E-state index contributed by atoms with van der Waals surface area (Å²) in [6.07, 6.45) is -0.268. The van der Waals surface area contributed by atoms with Crippen molar-refractivity contribution >= 4 is 18.0 Å². The lowest BCUT2D eigenvalue weighted by Gasteiger charge is -2.42. The quantitative estimate of drug-likeness (QED) is 0.746. The first-order valence-electron chi connectivity index (χ1n) is 10.8. The van der Waals surface area contributed by atoms with E-state index in [1.807, 2.05) is 57.2 Å². The van der Waals surface area contributed by atoms with Crippen LogP contribution in [0.5, 0.6) is 0 Å². The summed E-state index contributed by atoms with van der Waals surface area (Å²) in [6, 6.07) is 14.4. The first-order chi connectivity index (χ1) is 15.2. The highest BCUT2D eigenvalue weighted by Crippen LogP contribution is 2.44. The third-order valence-electron chi connectivity index (χ3n) is 6.31. The molecule has 1 saturated heterocycles. The van der Waals surface area contributed by atoms with Gasteiger partial charge in [-0.3, -0.25) is 4.79 Å². The molecule has 0 bridgehead atoms. The number of fused-ring (bicyclic) bond motifs is 3. The fraction of sp³-hybridized carbons (Fsp3) is 0.400. The number of carboxylic acids is 1. The van der Waals surface area contributed by atoms with Gasteiger partial charge in [-0.25, -0.2) is 9.59 Å². The van der Waals surface area contributed by atoms with Crippen molar-refractivity contribution in [3.8, 4) is 11.1 Å². The number of nitrogens with zero attached hydrogens (tertiary/aromatic N) is 1. The average Bonchev–Trinajstić information content (AvgIpc) is 3.02. The van der Waals surface area contributed by atoms with E-state index in [9.17, 15) is 19.5 Å². The van der Waals surface area contributed by atoms with Gasteiger partial charge in [0.2, 0.25) is 5.91 Å². The van der Waals surface area contributed by atoms with Crippen LogP contribution in [0, 0.1) is 5.41 Å². The zero-order chi connectivity index (χ0) is 23.0. The normalized spacial score (nSPS) is 18.2. The molecule has 2 aliphatic rings. The highest BCUT2D eigenvalue weighted by Gasteiger charge is 2.44. The van der Waals surface area contributed by atoms with E-state index in [0.29, 0.717) is 13.0 Å². The van der Waals surface area contributed by atoms with Gasteiger partial charge in [0.05, 0.1) is 0 Å². The summed E-state index contributed by atoms with van der Waals surface area (Å²) in [6.45, 7) is 6.00. The number of rotatable bonds is 5. The van der Waals surface area contributed by atoms with E-state index in [4.69, 9.17) is 4.74 Å². The third-order valence-corrected chi connectivity index (χ3v) is 6.31. The first-order valence-corrected chi connectivity index (χ1v) is 10.8. The minimum Gasteiger partial charge on any atom is -0.480 e. The number of hydrogen-bond donors (Lipinski definition) is 2. The maximum absolute atomic E-state index is 13.0. The summed E-state index contributed by atoms with van der Waals surface area (Å²) in [5.74, 6) is -1.51. The van der Waals surface area contributed by atoms with Crippen molar-refractivity contribution in [1.82, 2.24) is 10.2 Å². The maximum Gasteiger partial charge on any atom is 0.407 e. The molecule has 2 N–H and O–H groups in total. The molecule has 32 heavy (non-hydrogen) atoms. The fourth-order valence-corrected chi connectivity index (χ4v) is 4.48. The number of alkyl carbamates (subject to hydrolysis) is 1. The monoisotopic (exact) mass is 436 g/mol. The van der Waals surface area contributed by atoms with Crippen molar-refractivity contribution in [2.75, 3.05) is 13.2 Å². The van der Waals surface area contributed by atoms with E-state index in [-0.39, 0.29) is 12.5 Å². The highest BCUT2D eigenvalue weighted by molar-refractivity contribution is 5.91. The van der Waals surface area contributed by atoms with Gasteiger partial charge in [0.1, 0.15) is 18.7 Å². The van der Waals surface area contributed by atoms with Gasteiger partial charge in [-0.15, -0.1) is 0 Å². The zero-order valence-electron chi connectivity index (χ0n) is 18.5. The Balaban J connectivity index is 1.46. The van der Waals surface area contributed by atoms with Gasteiger partial charge in [0.25, 0.3) is 0 Å². The van der Waals surface area contributed by atoms with Gasteiger partial charge in [0, 0.05) is 12.5 Å². The number of benzene rings is 2. The molecule has 1 unspecified atom stereocenters. The van der Waals surface area contributed by atoms with Crippen LogP contribution in [-0.2, 0) is 14.3 Å². The number of likely N-dealkylation sites (tertiary alicyclic amines) is 1. The lowest BCUT2D eigenvalue weighted by Crippen LogP contribution is -2.63. The number of nitrogens with one attached hydrogen (secondary N) is 1. The molecule has 1 aliphatic heterocycles. The Hall–Kier alpha value is -3.35. The minimum atomic E-state index is -1.03. The van der Waals surface area contributed by atoms with Crippen molar-refractivity contribution in [2.45, 2.75) is 45.2 Å². The second-order valence-electron chi connectivity index (χ2n) is 9.44. The SMILES string of the molecule is CC(C)(C)[C@@H](NC(=O)OCC1c2ccccc2-c2ccccc21)C(=O)N1CCC1C(=O)O.